The highest BCUT2D eigenvalue weighted by atomic mass is 16.3. The van der Waals surface area contributed by atoms with E-state index in [0.29, 0.717) is 24.6 Å². The number of hydrogen-bond acceptors (Lipinski definition) is 4. The molecule has 1 amide bonds. The quantitative estimate of drug-likeness (QED) is 0.693. The van der Waals surface area contributed by atoms with Gasteiger partial charge in [0.05, 0.1) is 6.26 Å². The van der Waals surface area contributed by atoms with E-state index in [1.807, 2.05) is 12.1 Å². The minimum Gasteiger partial charge on any atom is -0.469 e. The molecule has 2 rings (SSSR count). The predicted molar refractivity (Wildman–Crippen MR) is 82.5 cm³/mol. The van der Waals surface area contributed by atoms with Crippen LogP contribution in [0.1, 0.15) is 35.8 Å². The summed E-state index contributed by atoms with van der Waals surface area (Å²) in [6.07, 6.45) is 3.04. The van der Waals surface area contributed by atoms with Crippen molar-refractivity contribution in [2.24, 2.45) is 11.8 Å². The topological polar surface area (TPSA) is 91.2 Å². The molecule has 2 aromatic rings. The summed E-state index contributed by atoms with van der Waals surface area (Å²) in [5.41, 5.74) is 1.33. The first-order valence-corrected chi connectivity index (χ1v) is 7.54. The molecule has 0 fully saturated rings. The summed E-state index contributed by atoms with van der Waals surface area (Å²) in [4.78, 5) is 12.1. The lowest BCUT2D eigenvalue weighted by Gasteiger charge is -2.13. The lowest BCUT2D eigenvalue weighted by Crippen LogP contribution is -2.32. The molecule has 0 aliphatic carbocycles. The zero-order valence-corrected chi connectivity index (χ0v) is 13.0. The highest BCUT2D eigenvalue weighted by Gasteiger charge is 2.15. The molecule has 0 bridgehead atoms. The van der Waals surface area contributed by atoms with Crippen molar-refractivity contribution in [3.63, 3.8) is 0 Å². The van der Waals surface area contributed by atoms with Gasteiger partial charge in [0.1, 0.15) is 11.5 Å². The van der Waals surface area contributed by atoms with Crippen LogP contribution in [0.4, 0.5) is 0 Å². The average Bonchev–Trinajstić information content (AvgIpc) is 3.14. The van der Waals surface area contributed by atoms with Crippen LogP contribution in [0, 0.1) is 11.8 Å². The number of rotatable bonds is 8. The fraction of sp³-hybridized carbons (Fsp3) is 0.500. The van der Waals surface area contributed by atoms with Crippen LogP contribution in [-0.4, -0.2) is 34.4 Å². The highest BCUT2D eigenvalue weighted by Crippen LogP contribution is 2.09. The Morgan fingerprint density at radius 1 is 1.45 bits per heavy atom. The monoisotopic (exact) mass is 305 g/mol. The number of carbonyl (C=O) groups excluding carboxylic acids is 1. The molecule has 1 atom stereocenters. The number of furan rings is 1. The summed E-state index contributed by atoms with van der Waals surface area (Å²) in [5.74, 6) is 0.990. The second-order valence-electron chi connectivity index (χ2n) is 5.92. The molecule has 0 saturated carbocycles. The summed E-state index contributed by atoms with van der Waals surface area (Å²) < 4.78 is 5.26. The molecule has 6 heteroatoms. The summed E-state index contributed by atoms with van der Waals surface area (Å²) in [6, 6.07) is 5.44. The standard InChI is InChI=1S/C16H23N3O3/c1-11(2)6-13-8-15(19-18-13)16(21)17-9-12(10-20)7-14-4-3-5-22-14/h3-5,8,11-12,20H,6-7,9-10H2,1-2H3,(H,17,21)(H,18,19)/t12-/m0/s1. The number of aliphatic hydroxyl groups is 1. The van der Waals surface area contributed by atoms with Gasteiger partial charge in [-0.25, -0.2) is 0 Å². The van der Waals surface area contributed by atoms with E-state index in [9.17, 15) is 9.90 Å². The van der Waals surface area contributed by atoms with Crippen molar-refractivity contribution in [1.29, 1.82) is 0 Å². The van der Waals surface area contributed by atoms with Gasteiger partial charge in [0.25, 0.3) is 5.91 Å². The molecule has 0 aliphatic heterocycles. The molecule has 0 aliphatic rings. The Balaban J connectivity index is 1.84. The lowest BCUT2D eigenvalue weighted by atomic mass is 10.1. The van der Waals surface area contributed by atoms with Crippen LogP contribution in [0.5, 0.6) is 0 Å². The maximum absolute atomic E-state index is 12.1. The smallest absolute Gasteiger partial charge is 0.271 e. The fourth-order valence-corrected chi connectivity index (χ4v) is 2.26. The molecular weight excluding hydrogens is 282 g/mol. The van der Waals surface area contributed by atoms with Gasteiger partial charge in [0.15, 0.2) is 0 Å². The zero-order valence-electron chi connectivity index (χ0n) is 13.0. The number of aromatic amines is 1. The van der Waals surface area contributed by atoms with Crippen LogP contribution >= 0.6 is 0 Å². The Kier molecular flexibility index (Phi) is 5.77. The maximum atomic E-state index is 12.1. The van der Waals surface area contributed by atoms with Gasteiger partial charge in [-0.1, -0.05) is 13.8 Å². The maximum Gasteiger partial charge on any atom is 0.271 e. The van der Waals surface area contributed by atoms with Gasteiger partial charge in [-0.3, -0.25) is 9.89 Å². The Labute approximate surface area is 129 Å². The van der Waals surface area contributed by atoms with E-state index >= 15 is 0 Å². The van der Waals surface area contributed by atoms with Gasteiger partial charge in [-0.05, 0) is 30.5 Å². The van der Waals surface area contributed by atoms with Crippen LogP contribution in [0.3, 0.4) is 0 Å². The molecule has 22 heavy (non-hydrogen) atoms. The average molecular weight is 305 g/mol. The number of hydrogen-bond donors (Lipinski definition) is 3. The van der Waals surface area contributed by atoms with Crippen molar-refractivity contribution in [3.05, 3.63) is 41.6 Å². The molecule has 6 nitrogen and oxygen atoms in total. The molecule has 2 heterocycles. The molecule has 0 aromatic carbocycles. The third kappa shape index (κ3) is 4.73. The molecular formula is C16H23N3O3. The number of aromatic nitrogens is 2. The molecule has 3 N–H and O–H groups in total. The zero-order chi connectivity index (χ0) is 15.9. The molecule has 120 valence electrons. The van der Waals surface area contributed by atoms with E-state index in [4.69, 9.17) is 4.42 Å². The first kappa shape index (κ1) is 16.3. The summed E-state index contributed by atoms with van der Waals surface area (Å²) >= 11 is 0. The largest absolute Gasteiger partial charge is 0.469 e. The van der Waals surface area contributed by atoms with Gasteiger partial charge in [0, 0.05) is 31.2 Å². The summed E-state index contributed by atoms with van der Waals surface area (Å²) in [5, 5.41) is 19.1. The second kappa shape index (κ2) is 7.79. The van der Waals surface area contributed by atoms with Gasteiger partial charge in [-0.15, -0.1) is 0 Å². The minimum atomic E-state index is -0.232. The van der Waals surface area contributed by atoms with Crippen LogP contribution < -0.4 is 5.32 Å². The number of amides is 1. The number of nitrogens with zero attached hydrogens (tertiary/aromatic N) is 1. The van der Waals surface area contributed by atoms with Crippen molar-refractivity contribution in [1.82, 2.24) is 15.5 Å². The summed E-state index contributed by atoms with van der Waals surface area (Å²) in [6.45, 7) is 4.59. The molecule has 2 aromatic heterocycles. The molecule has 0 radical (unpaired) electrons. The SMILES string of the molecule is CC(C)Cc1cc(C(=O)NC[C@@H](CO)Cc2ccco2)n[nH]1. The Morgan fingerprint density at radius 2 is 2.27 bits per heavy atom. The van der Waals surface area contributed by atoms with Crippen molar-refractivity contribution in [2.45, 2.75) is 26.7 Å². The Hall–Kier alpha value is -2.08. The van der Waals surface area contributed by atoms with Crippen LogP contribution in [0.25, 0.3) is 0 Å². The first-order chi connectivity index (χ1) is 10.6. The number of nitrogens with one attached hydrogen (secondary N) is 2. The predicted octanol–water partition coefficient (Wildman–Crippen LogP) is 1.78. The third-order valence-corrected chi connectivity index (χ3v) is 3.37. The first-order valence-electron chi connectivity index (χ1n) is 7.54. The molecule has 0 unspecified atom stereocenters. The van der Waals surface area contributed by atoms with E-state index in [1.54, 1.807) is 12.3 Å². The van der Waals surface area contributed by atoms with Gasteiger partial charge in [0.2, 0.25) is 0 Å². The van der Waals surface area contributed by atoms with E-state index in [1.165, 1.54) is 0 Å². The van der Waals surface area contributed by atoms with Gasteiger partial charge >= 0.3 is 0 Å². The van der Waals surface area contributed by atoms with Crippen molar-refractivity contribution in [3.8, 4) is 0 Å². The second-order valence-corrected chi connectivity index (χ2v) is 5.92. The van der Waals surface area contributed by atoms with E-state index < -0.39 is 0 Å². The molecule has 0 saturated heterocycles. The number of H-pyrrole nitrogens is 1. The molecule has 0 spiro atoms. The Bertz CT molecular complexity index is 575. The van der Waals surface area contributed by atoms with Gasteiger partial charge < -0.3 is 14.8 Å². The highest BCUT2D eigenvalue weighted by molar-refractivity contribution is 5.92. The fourth-order valence-electron chi connectivity index (χ4n) is 2.26. The summed E-state index contributed by atoms with van der Waals surface area (Å²) in [7, 11) is 0. The van der Waals surface area contributed by atoms with Gasteiger partial charge in [-0.2, -0.15) is 5.10 Å². The minimum absolute atomic E-state index is 0.0137. The number of aliphatic hydroxyl groups excluding tert-OH is 1. The van der Waals surface area contributed by atoms with E-state index in [0.717, 1.165) is 17.9 Å². The van der Waals surface area contributed by atoms with Crippen LogP contribution in [-0.2, 0) is 12.8 Å². The van der Waals surface area contributed by atoms with E-state index in [2.05, 4.69) is 29.4 Å². The van der Waals surface area contributed by atoms with Crippen molar-refractivity contribution >= 4 is 5.91 Å². The lowest BCUT2D eigenvalue weighted by molar-refractivity contribution is 0.0934. The van der Waals surface area contributed by atoms with E-state index in [-0.39, 0.29) is 18.4 Å². The van der Waals surface area contributed by atoms with Crippen molar-refractivity contribution in [2.75, 3.05) is 13.2 Å². The van der Waals surface area contributed by atoms with Crippen LogP contribution in [0.2, 0.25) is 0 Å². The Morgan fingerprint density at radius 3 is 2.91 bits per heavy atom. The van der Waals surface area contributed by atoms with Crippen LogP contribution in [0.15, 0.2) is 28.9 Å². The number of carbonyl (C=O) groups is 1. The normalized spacial score (nSPS) is 12.5. The third-order valence-electron chi connectivity index (χ3n) is 3.37. The van der Waals surface area contributed by atoms with Crippen molar-refractivity contribution < 1.29 is 14.3 Å².